The van der Waals surface area contributed by atoms with Gasteiger partial charge in [-0.1, -0.05) is 36.1 Å². The maximum absolute atomic E-state index is 12.8. The molecule has 0 atom stereocenters. The van der Waals surface area contributed by atoms with Gasteiger partial charge in [0.15, 0.2) is 0 Å². The van der Waals surface area contributed by atoms with E-state index < -0.39 is 14.7 Å². The second-order valence-electron chi connectivity index (χ2n) is 6.93. The fourth-order valence-corrected chi connectivity index (χ4v) is 3.39. The molecule has 0 saturated carbocycles. The van der Waals surface area contributed by atoms with Gasteiger partial charge in [0.25, 0.3) is 0 Å². The minimum atomic E-state index is -3.02. The van der Waals surface area contributed by atoms with E-state index in [0.717, 1.165) is 10.9 Å². The average Bonchev–Trinajstić information content (AvgIpc) is 2.89. The van der Waals surface area contributed by atoms with E-state index in [4.69, 9.17) is 26.9 Å². The second-order valence-corrected chi connectivity index (χ2v) is 13.8. The zero-order chi connectivity index (χ0) is 20.2. The van der Waals surface area contributed by atoms with Gasteiger partial charge in [0, 0.05) is 30.8 Å². The Morgan fingerprint density at radius 2 is 2.04 bits per heavy atom. The highest BCUT2D eigenvalue weighted by molar-refractivity contribution is 9.10. The van der Waals surface area contributed by atoms with Crippen LogP contribution in [0.1, 0.15) is 0 Å². The van der Waals surface area contributed by atoms with E-state index in [9.17, 15) is 8.78 Å². The molecule has 0 aliphatic carbocycles. The number of aromatic nitrogens is 2. The monoisotopic (exact) mass is 483 g/mol. The molecule has 0 radical (unpaired) electrons. The third-order valence-corrected chi connectivity index (χ3v) is 6.42. The third kappa shape index (κ3) is 6.34. The van der Waals surface area contributed by atoms with Gasteiger partial charge in [0.1, 0.15) is 11.4 Å². The summed E-state index contributed by atoms with van der Waals surface area (Å²) >= 11 is 9.26. The van der Waals surface area contributed by atoms with Crippen LogP contribution in [-0.2, 0) is 4.74 Å². The largest absolute Gasteiger partial charge is 0.434 e. The number of halogens is 4. The minimum Gasteiger partial charge on any atom is -0.434 e. The van der Waals surface area contributed by atoms with Crippen molar-refractivity contribution in [2.45, 2.75) is 32.3 Å². The maximum atomic E-state index is 12.8. The molecular weight excluding hydrogens is 464 g/mol. The summed E-state index contributed by atoms with van der Waals surface area (Å²) in [6.07, 6.45) is 1.35. The fourth-order valence-electron chi connectivity index (χ4n) is 2.13. The molecule has 2 rings (SSSR count). The van der Waals surface area contributed by atoms with Crippen LogP contribution in [0.3, 0.4) is 0 Å². The Bertz CT molecular complexity index is 787. The molecule has 2 N–H and O–H groups in total. The maximum Gasteiger partial charge on any atom is 0.387 e. The summed E-state index contributed by atoms with van der Waals surface area (Å²) < 4.78 is 36.1. The zero-order valence-corrected chi connectivity index (χ0v) is 18.5. The summed E-state index contributed by atoms with van der Waals surface area (Å²) in [6.45, 7) is 4.21. The van der Waals surface area contributed by atoms with Crippen molar-refractivity contribution in [3.05, 3.63) is 27.8 Å². The second kappa shape index (κ2) is 9.22. The number of alkyl halides is 2. The SMILES string of the molecule is C[Si](C)(C)CCOCOn1ncc(N)c1-c1cc(Br)c(Cl)cc1OC(F)F. The van der Waals surface area contributed by atoms with Crippen molar-refractivity contribution in [2.75, 3.05) is 19.1 Å². The Morgan fingerprint density at radius 1 is 1.33 bits per heavy atom. The van der Waals surface area contributed by atoms with Gasteiger partial charge in [-0.05, 0) is 28.0 Å². The van der Waals surface area contributed by atoms with Crippen LogP contribution >= 0.6 is 27.5 Å². The predicted molar refractivity (Wildman–Crippen MR) is 107 cm³/mol. The molecule has 6 nitrogen and oxygen atoms in total. The first-order valence-electron chi connectivity index (χ1n) is 8.07. The normalized spacial score (nSPS) is 11.9. The van der Waals surface area contributed by atoms with Gasteiger partial charge in [-0.15, -0.1) is 5.10 Å². The van der Waals surface area contributed by atoms with Crippen molar-refractivity contribution in [3.63, 3.8) is 0 Å². The van der Waals surface area contributed by atoms with Crippen LogP contribution in [0.5, 0.6) is 5.75 Å². The first-order valence-corrected chi connectivity index (χ1v) is 12.9. The van der Waals surface area contributed by atoms with Crippen molar-refractivity contribution in [1.29, 1.82) is 0 Å². The van der Waals surface area contributed by atoms with Gasteiger partial charge < -0.3 is 20.0 Å². The molecule has 1 aromatic heterocycles. The quantitative estimate of drug-likeness (QED) is 0.312. The number of anilines is 1. The molecule has 0 saturated heterocycles. The minimum absolute atomic E-state index is 0.0571. The summed E-state index contributed by atoms with van der Waals surface area (Å²) in [6, 6.07) is 3.77. The average molecular weight is 485 g/mol. The van der Waals surface area contributed by atoms with E-state index in [1.165, 1.54) is 18.3 Å². The van der Waals surface area contributed by atoms with E-state index in [-0.39, 0.29) is 34.5 Å². The van der Waals surface area contributed by atoms with Gasteiger partial charge in [-0.3, -0.25) is 0 Å². The smallest absolute Gasteiger partial charge is 0.387 e. The number of hydrogen-bond acceptors (Lipinski definition) is 5. The topological polar surface area (TPSA) is 71.5 Å². The number of ether oxygens (including phenoxy) is 2. The zero-order valence-electron chi connectivity index (χ0n) is 15.1. The van der Waals surface area contributed by atoms with Gasteiger partial charge in [-0.25, -0.2) is 0 Å². The molecule has 0 fully saturated rings. The van der Waals surface area contributed by atoms with Crippen LogP contribution < -0.4 is 15.3 Å². The standard InChI is InChI=1S/C16H21BrClF2N3O3Si/c1-27(2,3)5-4-24-9-25-23-15(13(21)8-22-23)10-6-11(17)12(18)7-14(10)26-16(19)20/h6-8,16H,4-5,9,21H2,1-3H3. The molecular formula is C16H21BrClF2N3O3Si. The summed E-state index contributed by atoms with van der Waals surface area (Å²) in [5.41, 5.74) is 6.70. The van der Waals surface area contributed by atoms with Gasteiger partial charge in [-0.2, -0.15) is 8.78 Å². The molecule has 1 aromatic carbocycles. The van der Waals surface area contributed by atoms with Crippen molar-refractivity contribution in [1.82, 2.24) is 9.94 Å². The molecule has 0 amide bonds. The number of nitrogens with two attached hydrogens (primary N) is 1. The molecule has 0 unspecified atom stereocenters. The Balaban J connectivity index is 2.22. The Kier molecular flexibility index (Phi) is 7.49. The number of nitrogen functional groups attached to an aromatic ring is 1. The number of rotatable bonds is 9. The molecule has 0 aliphatic heterocycles. The molecule has 150 valence electrons. The summed E-state index contributed by atoms with van der Waals surface area (Å²) in [5, 5.41) is 4.23. The van der Waals surface area contributed by atoms with Crippen LogP contribution in [0.25, 0.3) is 11.3 Å². The molecule has 11 heteroatoms. The summed E-state index contributed by atoms with van der Waals surface area (Å²) in [5.74, 6) is -0.144. The number of benzene rings is 1. The summed E-state index contributed by atoms with van der Waals surface area (Å²) in [7, 11) is -1.21. The number of hydrogen-bond donors (Lipinski definition) is 1. The third-order valence-electron chi connectivity index (χ3n) is 3.51. The van der Waals surface area contributed by atoms with Gasteiger partial charge >= 0.3 is 6.61 Å². The molecule has 1 heterocycles. The Morgan fingerprint density at radius 3 is 2.67 bits per heavy atom. The summed E-state index contributed by atoms with van der Waals surface area (Å²) in [4.78, 5) is 6.61. The van der Waals surface area contributed by atoms with Crippen LogP contribution in [-0.4, -0.2) is 38.0 Å². The fraction of sp³-hybridized carbons (Fsp3) is 0.438. The van der Waals surface area contributed by atoms with Crippen molar-refractivity contribution in [3.8, 4) is 17.0 Å². The highest BCUT2D eigenvalue weighted by Crippen LogP contribution is 2.39. The lowest BCUT2D eigenvalue weighted by Crippen LogP contribution is -2.24. The molecule has 0 spiro atoms. The first-order chi connectivity index (χ1) is 12.6. The lowest BCUT2D eigenvalue weighted by atomic mass is 10.1. The highest BCUT2D eigenvalue weighted by Gasteiger charge is 2.21. The van der Waals surface area contributed by atoms with Crippen LogP contribution in [0, 0.1) is 0 Å². The van der Waals surface area contributed by atoms with Crippen molar-refractivity contribution < 1.29 is 23.1 Å². The lowest BCUT2D eigenvalue weighted by molar-refractivity contribution is -0.0662. The van der Waals surface area contributed by atoms with Crippen molar-refractivity contribution in [2.24, 2.45) is 0 Å². The van der Waals surface area contributed by atoms with Crippen molar-refractivity contribution >= 4 is 41.3 Å². The highest BCUT2D eigenvalue weighted by atomic mass is 79.9. The van der Waals surface area contributed by atoms with E-state index in [0.29, 0.717) is 11.1 Å². The predicted octanol–water partition coefficient (Wildman–Crippen LogP) is 4.89. The first kappa shape index (κ1) is 21.9. The van der Waals surface area contributed by atoms with Gasteiger partial charge in [0.2, 0.25) is 6.79 Å². The van der Waals surface area contributed by atoms with E-state index in [1.807, 2.05) is 0 Å². The Hall–Kier alpha value is -1.36. The van der Waals surface area contributed by atoms with Crippen LogP contribution in [0.15, 0.2) is 22.8 Å². The van der Waals surface area contributed by atoms with E-state index >= 15 is 0 Å². The van der Waals surface area contributed by atoms with Crippen LogP contribution in [0.2, 0.25) is 30.7 Å². The molecule has 0 aliphatic rings. The van der Waals surface area contributed by atoms with E-state index in [1.54, 1.807) is 0 Å². The molecule has 2 aromatic rings. The van der Waals surface area contributed by atoms with Crippen LogP contribution in [0.4, 0.5) is 14.5 Å². The van der Waals surface area contributed by atoms with E-state index in [2.05, 4.69) is 45.4 Å². The van der Waals surface area contributed by atoms with Gasteiger partial charge in [0.05, 0.1) is 16.9 Å². The lowest BCUT2D eigenvalue weighted by Gasteiger charge is -2.16. The Labute approximate surface area is 170 Å². The molecule has 27 heavy (non-hydrogen) atoms. The number of nitrogens with zero attached hydrogens (tertiary/aromatic N) is 2. The molecule has 0 bridgehead atoms.